The average Bonchev–Trinajstić information content (AvgIpc) is 2.13. The highest BCUT2D eigenvalue weighted by Crippen LogP contribution is 2.23. The van der Waals surface area contributed by atoms with Crippen molar-refractivity contribution in [1.82, 2.24) is 0 Å². The molecule has 1 aromatic carbocycles. The molecule has 0 saturated heterocycles. The maximum atomic E-state index is 5.71. The van der Waals surface area contributed by atoms with Gasteiger partial charge in [-0.25, -0.2) is 0 Å². The highest BCUT2D eigenvalue weighted by molar-refractivity contribution is 9.09. The predicted octanol–water partition coefficient (Wildman–Crippen LogP) is 3.78. The second kappa shape index (κ2) is 5.40. The van der Waals surface area contributed by atoms with Gasteiger partial charge >= 0.3 is 0 Å². The van der Waals surface area contributed by atoms with Gasteiger partial charge in [0, 0.05) is 5.33 Å². The first kappa shape index (κ1) is 11.6. The van der Waals surface area contributed by atoms with Crippen molar-refractivity contribution in [2.24, 2.45) is 0 Å². The molecule has 2 heteroatoms. The molecule has 0 heterocycles. The molecular weight excluding hydrogens is 240 g/mol. The summed E-state index contributed by atoms with van der Waals surface area (Å²) in [5, 5.41) is 0.997. The molecule has 0 aliphatic rings. The summed E-state index contributed by atoms with van der Waals surface area (Å²) < 4.78 is 5.71. The van der Waals surface area contributed by atoms with E-state index in [1.807, 2.05) is 0 Å². The largest absolute Gasteiger partial charge is 0.493 e. The maximum absolute atomic E-state index is 5.71. The summed E-state index contributed by atoms with van der Waals surface area (Å²) in [5.41, 5.74) is 3.82. The van der Waals surface area contributed by atoms with Crippen LogP contribution in [-0.4, -0.2) is 11.9 Å². The fraction of sp³-hybridized carbons (Fsp3) is 0.500. The summed E-state index contributed by atoms with van der Waals surface area (Å²) in [7, 11) is 0. The highest BCUT2D eigenvalue weighted by Gasteiger charge is 2.03. The van der Waals surface area contributed by atoms with Crippen molar-refractivity contribution in [3.63, 3.8) is 0 Å². The van der Waals surface area contributed by atoms with Crippen LogP contribution in [0.5, 0.6) is 5.75 Å². The zero-order chi connectivity index (χ0) is 10.6. The van der Waals surface area contributed by atoms with E-state index in [4.69, 9.17) is 4.74 Å². The van der Waals surface area contributed by atoms with Crippen molar-refractivity contribution in [1.29, 1.82) is 0 Å². The van der Waals surface area contributed by atoms with Gasteiger partial charge in [-0.1, -0.05) is 22.0 Å². The summed E-state index contributed by atoms with van der Waals surface area (Å²) >= 11 is 3.39. The number of benzene rings is 1. The molecule has 0 aliphatic heterocycles. The average molecular weight is 257 g/mol. The number of ether oxygens (including phenoxy) is 1. The lowest BCUT2D eigenvalue weighted by Gasteiger charge is -2.11. The third-order valence-electron chi connectivity index (χ3n) is 2.30. The van der Waals surface area contributed by atoms with Gasteiger partial charge in [-0.15, -0.1) is 0 Å². The lowest BCUT2D eigenvalue weighted by atomic mass is 10.1. The standard InChI is InChI=1S/C12H17BrO/c1-9-7-10(2)11(3)12(8-9)14-6-4-5-13/h7-8H,4-6H2,1-3H3. The van der Waals surface area contributed by atoms with Crippen molar-refractivity contribution in [3.8, 4) is 5.75 Å². The molecule has 14 heavy (non-hydrogen) atoms. The maximum Gasteiger partial charge on any atom is 0.122 e. The van der Waals surface area contributed by atoms with Gasteiger partial charge in [0.25, 0.3) is 0 Å². The van der Waals surface area contributed by atoms with Crippen molar-refractivity contribution < 1.29 is 4.74 Å². The van der Waals surface area contributed by atoms with Crippen LogP contribution in [0.3, 0.4) is 0 Å². The Morgan fingerprint density at radius 2 is 1.93 bits per heavy atom. The minimum Gasteiger partial charge on any atom is -0.493 e. The molecule has 0 N–H and O–H groups in total. The summed E-state index contributed by atoms with van der Waals surface area (Å²) in [6.45, 7) is 7.12. The third-order valence-corrected chi connectivity index (χ3v) is 2.86. The normalized spacial score (nSPS) is 10.3. The molecule has 0 fully saturated rings. The molecule has 0 radical (unpaired) electrons. The Bertz CT molecular complexity index is 307. The number of alkyl halides is 1. The molecule has 0 saturated carbocycles. The van der Waals surface area contributed by atoms with Gasteiger partial charge in [-0.05, 0) is 49.9 Å². The quantitative estimate of drug-likeness (QED) is 0.589. The monoisotopic (exact) mass is 256 g/mol. The van der Waals surface area contributed by atoms with Crippen LogP contribution < -0.4 is 4.74 Å². The molecule has 0 amide bonds. The van der Waals surface area contributed by atoms with Crippen LogP contribution in [-0.2, 0) is 0 Å². The van der Waals surface area contributed by atoms with Gasteiger partial charge < -0.3 is 4.74 Å². The molecule has 0 aromatic heterocycles. The Morgan fingerprint density at radius 3 is 2.57 bits per heavy atom. The summed E-state index contributed by atoms with van der Waals surface area (Å²) in [6.07, 6.45) is 1.05. The first-order valence-electron chi connectivity index (χ1n) is 4.91. The topological polar surface area (TPSA) is 9.23 Å². The zero-order valence-corrected chi connectivity index (χ0v) is 10.6. The second-order valence-electron chi connectivity index (χ2n) is 3.60. The van der Waals surface area contributed by atoms with Gasteiger partial charge in [-0.3, -0.25) is 0 Å². The van der Waals surface area contributed by atoms with Crippen LogP contribution in [0.15, 0.2) is 12.1 Å². The Kier molecular flexibility index (Phi) is 4.46. The van der Waals surface area contributed by atoms with Crippen molar-refractivity contribution in [3.05, 3.63) is 28.8 Å². The van der Waals surface area contributed by atoms with E-state index in [0.29, 0.717) is 0 Å². The SMILES string of the molecule is Cc1cc(C)c(C)c(OCCCBr)c1. The van der Waals surface area contributed by atoms with Crippen LogP contribution >= 0.6 is 15.9 Å². The number of hydrogen-bond acceptors (Lipinski definition) is 1. The van der Waals surface area contributed by atoms with Crippen molar-refractivity contribution >= 4 is 15.9 Å². The van der Waals surface area contributed by atoms with E-state index in [9.17, 15) is 0 Å². The summed E-state index contributed by atoms with van der Waals surface area (Å²) in [6, 6.07) is 4.29. The van der Waals surface area contributed by atoms with Crippen LogP contribution in [0.4, 0.5) is 0 Å². The lowest BCUT2D eigenvalue weighted by Crippen LogP contribution is -2.00. The molecule has 0 unspecified atom stereocenters. The van der Waals surface area contributed by atoms with Crippen LogP contribution in [0.2, 0.25) is 0 Å². The van der Waals surface area contributed by atoms with Gasteiger partial charge in [0.1, 0.15) is 5.75 Å². The summed E-state index contributed by atoms with van der Waals surface area (Å²) in [4.78, 5) is 0. The van der Waals surface area contributed by atoms with Crippen LogP contribution in [0.1, 0.15) is 23.1 Å². The van der Waals surface area contributed by atoms with Gasteiger partial charge in [0.2, 0.25) is 0 Å². The number of halogens is 1. The predicted molar refractivity (Wildman–Crippen MR) is 64.6 cm³/mol. The van der Waals surface area contributed by atoms with E-state index in [2.05, 4.69) is 48.8 Å². The summed E-state index contributed by atoms with van der Waals surface area (Å²) in [5.74, 6) is 1.03. The Hall–Kier alpha value is -0.500. The Morgan fingerprint density at radius 1 is 1.21 bits per heavy atom. The van der Waals surface area contributed by atoms with Gasteiger partial charge in [0.15, 0.2) is 0 Å². The van der Waals surface area contributed by atoms with Crippen molar-refractivity contribution in [2.75, 3.05) is 11.9 Å². The second-order valence-corrected chi connectivity index (χ2v) is 4.39. The Labute approximate surface area is 94.6 Å². The molecule has 1 aromatic rings. The molecule has 1 nitrogen and oxygen atoms in total. The van der Waals surface area contributed by atoms with E-state index in [-0.39, 0.29) is 0 Å². The van der Waals surface area contributed by atoms with Crippen molar-refractivity contribution in [2.45, 2.75) is 27.2 Å². The number of hydrogen-bond donors (Lipinski definition) is 0. The number of rotatable bonds is 4. The van der Waals surface area contributed by atoms with Gasteiger partial charge in [-0.2, -0.15) is 0 Å². The number of aryl methyl sites for hydroxylation is 2. The highest BCUT2D eigenvalue weighted by atomic mass is 79.9. The molecule has 0 atom stereocenters. The van der Waals surface area contributed by atoms with Crippen LogP contribution in [0, 0.1) is 20.8 Å². The van der Waals surface area contributed by atoms with E-state index in [0.717, 1.165) is 24.1 Å². The minimum absolute atomic E-state index is 0.787. The van der Waals surface area contributed by atoms with E-state index < -0.39 is 0 Å². The third kappa shape index (κ3) is 3.02. The molecular formula is C12H17BrO. The molecule has 0 spiro atoms. The fourth-order valence-corrected chi connectivity index (χ4v) is 1.62. The molecule has 0 aliphatic carbocycles. The first-order valence-corrected chi connectivity index (χ1v) is 6.04. The molecule has 0 bridgehead atoms. The minimum atomic E-state index is 0.787. The molecule has 78 valence electrons. The smallest absolute Gasteiger partial charge is 0.122 e. The van der Waals surface area contributed by atoms with E-state index >= 15 is 0 Å². The first-order chi connectivity index (χ1) is 6.65. The fourth-order valence-electron chi connectivity index (χ4n) is 1.39. The van der Waals surface area contributed by atoms with Crippen LogP contribution in [0.25, 0.3) is 0 Å². The molecule has 1 rings (SSSR count). The Balaban J connectivity index is 2.75. The van der Waals surface area contributed by atoms with E-state index in [1.165, 1.54) is 16.7 Å². The van der Waals surface area contributed by atoms with Gasteiger partial charge in [0.05, 0.1) is 6.61 Å². The zero-order valence-electron chi connectivity index (χ0n) is 9.06. The lowest BCUT2D eigenvalue weighted by molar-refractivity contribution is 0.316. The van der Waals surface area contributed by atoms with E-state index in [1.54, 1.807) is 0 Å².